The number of rotatable bonds is 6. The second-order valence-electron chi connectivity index (χ2n) is 6.91. The Kier molecular flexibility index (Phi) is 6.66. The smallest absolute Gasteiger partial charge is 0.294 e. The Hall–Kier alpha value is -3.37. The molecule has 11 heteroatoms. The summed E-state index contributed by atoms with van der Waals surface area (Å²) in [6.07, 6.45) is 1.51. The molecule has 33 heavy (non-hydrogen) atoms. The van der Waals surface area contributed by atoms with Crippen LogP contribution in [0.15, 0.2) is 35.2 Å². The number of ether oxygens (including phenoxy) is 4. The van der Waals surface area contributed by atoms with Gasteiger partial charge in [0.25, 0.3) is 11.1 Å². The molecule has 4 rings (SSSR count). The van der Waals surface area contributed by atoms with Gasteiger partial charge < -0.3 is 24.3 Å². The molecule has 0 aromatic heterocycles. The molecule has 172 valence electrons. The van der Waals surface area contributed by atoms with Gasteiger partial charge in [0.2, 0.25) is 5.91 Å². The van der Waals surface area contributed by atoms with Crippen molar-refractivity contribution in [2.75, 3.05) is 39.3 Å². The Morgan fingerprint density at radius 1 is 1.15 bits per heavy atom. The Morgan fingerprint density at radius 2 is 1.91 bits per heavy atom. The molecule has 1 N–H and O–H groups in total. The van der Waals surface area contributed by atoms with E-state index in [1.54, 1.807) is 30.3 Å². The summed E-state index contributed by atoms with van der Waals surface area (Å²) >= 11 is 6.95. The number of hydrogen-bond donors (Lipinski definition) is 1. The topological polar surface area (TPSA) is 103 Å². The van der Waals surface area contributed by atoms with E-state index in [0.29, 0.717) is 52.5 Å². The van der Waals surface area contributed by atoms with Crippen LogP contribution in [0.4, 0.5) is 10.5 Å². The van der Waals surface area contributed by atoms with Gasteiger partial charge in [-0.05, 0) is 47.7 Å². The lowest BCUT2D eigenvalue weighted by molar-refractivity contribution is -0.127. The number of amides is 3. The van der Waals surface area contributed by atoms with Gasteiger partial charge in [-0.3, -0.25) is 19.3 Å². The number of methoxy groups -OCH3 is 2. The lowest BCUT2D eigenvalue weighted by atomic mass is 10.2. The van der Waals surface area contributed by atoms with Crippen LogP contribution in [0.3, 0.4) is 0 Å². The minimum absolute atomic E-state index is 0.162. The summed E-state index contributed by atoms with van der Waals surface area (Å²) in [7, 11) is 2.93. The highest BCUT2D eigenvalue weighted by atomic mass is 35.5. The van der Waals surface area contributed by atoms with Crippen molar-refractivity contribution in [3.63, 3.8) is 0 Å². The molecule has 2 aliphatic rings. The summed E-state index contributed by atoms with van der Waals surface area (Å²) in [4.78, 5) is 38.7. The van der Waals surface area contributed by atoms with Crippen LogP contribution < -0.4 is 24.3 Å². The number of benzene rings is 2. The standard InChI is InChI=1S/C22H19ClN2O7S/c1-29-17-8-12(7-14(23)20(17)30-2)9-18-21(27)25(22(28)33-18)11-19(26)24-13-3-4-15-16(10-13)32-6-5-31-15/h3-4,7-10H,5-6,11H2,1-2H3,(H,24,26)/b18-9-. The van der Waals surface area contributed by atoms with Crippen LogP contribution in [-0.2, 0) is 9.59 Å². The molecule has 0 saturated carbocycles. The Labute approximate surface area is 198 Å². The van der Waals surface area contributed by atoms with E-state index in [1.165, 1.54) is 20.3 Å². The number of nitrogens with one attached hydrogen (secondary N) is 1. The summed E-state index contributed by atoms with van der Waals surface area (Å²) in [6.45, 7) is 0.447. The second kappa shape index (κ2) is 9.63. The zero-order chi connectivity index (χ0) is 23.5. The number of imide groups is 1. The van der Waals surface area contributed by atoms with Crippen LogP contribution >= 0.6 is 23.4 Å². The van der Waals surface area contributed by atoms with Gasteiger partial charge in [0.15, 0.2) is 23.0 Å². The molecular weight excluding hydrogens is 472 g/mol. The highest BCUT2D eigenvalue weighted by Crippen LogP contribution is 2.38. The maximum Gasteiger partial charge on any atom is 0.294 e. The highest BCUT2D eigenvalue weighted by molar-refractivity contribution is 8.18. The first-order valence-electron chi connectivity index (χ1n) is 9.76. The first-order chi connectivity index (χ1) is 15.9. The first kappa shape index (κ1) is 22.8. The number of carbonyl (C=O) groups is 3. The van der Waals surface area contributed by atoms with E-state index in [1.807, 2.05) is 0 Å². The average molecular weight is 491 g/mol. The average Bonchev–Trinajstić information content (AvgIpc) is 3.05. The van der Waals surface area contributed by atoms with Crippen molar-refractivity contribution in [3.8, 4) is 23.0 Å². The van der Waals surface area contributed by atoms with E-state index in [4.69, 9.17) is 30.5 Å². The van der Waals surface area contributed by atoms with Crippen molar-refractivity contribution in [2.45, 2.75) is 0 Å². The van der Waals surface area contributed by atoms with Crippen LogP contribution in [0, 0.1) is 0 Å². The number of carbonyl (C=O) groups excluding carboxylic acids is 3. The first-order valence-corrected chi connectivity index (χ1v) is 11.0. The van der Waals surface area contributed by atoms with E-state index < -0.39 is 23.6 Å². The molecule has 0 aliphatic carbocycles. The third kappa shape index (κ3) is 4.86. The van der Waals surface area contributed by atoms with E-state index in [2.05, 4.69) is 5.32 Å². The number of fused-ring (bicyclic) bond motifs is 1. The lowest BCUT2D eigenvalue weighted by Crippen LogP contribution is -2.36. The summed E-state index contributed by atoms with van der Waals surface area (Å²) in [5.74, 6) is 0.750. The van der Waals surface area contributed by atoms with Gasteiger partial charge in [0.1, 0.15) is 19.8 Å². The fraction of sp³-hybridized carbons (Fsp3) is 0.227. The van der Waals surface area contributed by atoms with Crippen LogP contribution in [-0.4, -0.2) is 55.9 Å². The maximum atomic E-state index is 12.8. The van der Waals surface area contributed by atoms with E-state index >= 15 is 0 Å². The van der Waals surface area contributed by atoms with Crippen LogP contribution in [0.5, 0.6) is 23.0 Å². The number of nitrogens with zero attached hydrogens (tertiary/aromatic N) is 1. The predicted octanol–water partition coefficient (Wildman–Crippen LogP) is 3.80. The number of hydrogen-bond acceptors (Lipinski definition) is 8. The zero-order valence-electron chi connectivity index (χ0n) is 17.7. The van der Waals surface area contributed by atoms with Crippen molar-refractivity contribution >= 4 is 52.2 Å². The fourth-order valence-electron chi connectivity index (χ4n) is 3.27. The van der Waals surface area contributed by atoms with Gasteiger partial charge in [0, 0.05) is 11.8 Å². The van der Waals surface area contributed by atoms with Crippen LogP contribution in [0.2, 0.25) is 5.02 Å². The Morgan fingerprint density at radius 3 is 2.64 bits per heavy atom. The fourth-order valence-corrected chi connectivity index (χ4v) is 4.41. The Bertz CT molecular complexity index is 1170. The molecule has 1 saturated heterocycles. The molecule has 2 aromatic rings. The summed E-state index contributed by atoms with van der Waals surface area (Å²) < 4.78 is 21.4. The summed E-state index contributed by atoms with van der Waals surface area (Å²) in [5, 5.41) is 2.41. The van der Waals surface area contributed by atoms with Gasteiger partial charge in [0.05, 0.1) is 24.1 Å². The van der Waals surface area contributed by atoms with Crippen LogP contribution in [0.1, 0.15) is 5.56 Å². The van der Waals surface area contributed by atoms with Crippen molar-refractivity contribution in [2.24, 2.45) is 0 Å². The van der Waals surface area contributed by atoms with Crippen molar-refractivity contribution in [1.29, 1.82) is 0 Å². The van der Waals surface area contributed by atoms with Crippen LogP contribution in [0.25, 0.3) is 6.08 Å². The van der Waals surface area contributed by atoms with E-state index in [9.17, 15) is 14.4 Å². The second-order valence-corrected chi connectivity index (χ2v) is 8.31. The van der Waals surface area contributed by atoms with Crippen molar-refractivity contribution in [1.82, 2.24) is 4.90 Å². The van der Waals surface area contributed by atoms with Gasteiger partial charge in [-0.2, -0.15) is 0 Å². The molecule has 2 heterocycles. The molecular formula is C22H19ClN2O7S. The van der Waals surface area contributed by atoms with E-state index in [-0.39, 0.29) is 4.91 Å². The SMILES string of the molecule is COc1cc(/C=C2\SC(=O)N(CC(=O)Nc3ccc4c(c3)OCCO4)C2=O)cc(Cl)c1OC. The molecule has 9 nitrogen and oxygen atoms in total. The highest BCUT2D eigenvalue weighted by Gasteiger charge is 2.36. The van der Waals surface area contributed by atoms with Crippen molar-refractivity contribution in [3.05, 3.63) is 45.8 Å². The molecule has 0 bridgehead atoms. The molecule has 0 unspecified atom stereocenters. The normalized spacial score (nSPS) is 16.2. The summed E-state index contributed by atoms with van der Waals surface area (Å²) in [6, 6.07) is 8.18. The minimum atomic E-state index is -0.576. The van der Waals surface area contributed by atoms with Gasteiger partial charge in [-0.1, -0.05) is 11.6 Å². The number of halogens is 1. The molecule has 0 spiro atoms. The quantitative estimate of drug-likeness (QED) is 0.610. The third-order valence-electron chi connectivity index (χ3n) is 4.75. The molecule has 2 aliphatic heterocycles. The monoisotopic (exact) mass is 490 g/mol. The third-order valence-corrected chi connectivity index (χ3v) is 5.94. The largest absolute Gasteiger partial charge is 0.493 e. The summed E-state index contributed by atoms with van der Waals surface area (Å²) in [5.41, 5.74) is 1.01. The molecule has 2 aromatic carbocycles. The van der Waals surface area contributed by atoms with E-state index in [0.717, 1.165) is 16.7 Å². The van der Waals surface area contributed by atoms with Gasteiger partial charge in [-0.15, -0.1) is 0 Å². The minimum Gasteiger partial charge on any atom is -0.493 e. The molecule has 1 fully saturated rings. The predicted molar refractivity (Wildman–Crippen MR) is 123 cm³/mol. The maximum absolute atomic E-state index is 12.8. The number of anilines is 1. The molecule has 3 amide bonds. The van der Waals surface area contributed by atoms with Gasteiger partial charge in [-0.25, -0.2) is 0 Å². The van der Waals surface area contributed by atoms with Gasteiger partial charge >= 0.3 is 0 Å². The Balaban J connectivity index is 1.46. The molecule has 0 atom stereocenters. The van der Waals surface area contributed by atoms with Crippen molar-refractivity contribution < 1.29 is 33.3 Å². The lowest BCUT2D eigenvalue weighted by Gasteiger charge is -2.19. The zero-order valence-corrected chi connectivity index (χ0v) is 19.2. The number of thioether (sulfide) groups is 1. The molecule has 0 radical (unpaired) electrons.